The molecule has 1 nitrogen and oxygen atoms in total. The first-order valence-corrected chi connectivity index (χ1v) is 7.52. The fourth-order valence-corrected chi connectivity index (χ4v) is 2.51. The predicted molar refractivity (Wildman–Crippen MR) is 89.2 cm³/mol. The summed E-state index contributed by atoms with van der Waals surface area (Å²) in [4.78, 5) is 0. The quantitative estimate of drug-likeness (QED) is 0.590. The minimum atomic E-state index is 0.571. The maximum Gasteiger partial charge on any atom is 0.00105 e. The van der Waals surface area contributed by atoms with E-state index >= 15 is 0 Å². The summed E-state index contributed by atoms with van der Waals surface area (Å²) < 4.78 is 0. The fourth-order valence-electron chi connectivity index (χ4n) is 2.51. The highest BCUT2D eigenvalue weighted by molar-refractivity contribution is 5.85. The SMILES string of the molecule is CC(=CCCNC(C)C)Cc1cccc2ccccc12. The van der Waals surface area contributed by atoms with Gasteiger partial charge in [0, 0.05) is 6.04 Å². The van der Waals surface area contributed by atoms with Crippen LogP contribution in [0.2, 0.25) is 0 Å². The molecule has 0 saturated heterocycles. The van der Waals surface area contributed by atoms with Gasteiger partial charge in [0.15, 0.2) is 0 Å². The minimum absolute atomic E-state index is 0.571. The third-order valence-electron chi connectivity index (χ3n) is 3.54. The number of hydrogen-bond acceptors (Lipinski definition) is 1. The number of hydrogen-bond donors (Lipinski definition) is 1. The molecule has 0 aromatic heterocycles. The van der Waals surface area contributed by atoms with Crippen molar-refractivity contribution in [3.8, 4) is 0 Å². The van der Waals surface area contributed by atoms with E-state index in [1.165, 1.54) is 21.9 Å². The molecule has 0 fully saturated rings. The molecule has 106 valence electrons. The van der Waals surface area contributed by atoms with Gasteiger partial charge in [0.2, 0.25) is 0 Å². The monoisotopic (exact) mass is 267 g/mol. The van der Waals surface area contributed by atoms with Crippen molar-refractivity contribution in [1.29, 1.82) is 0 Å². The lowest BCUT2D eigenvalue weighted by Gasteiger charge is -2.08. The Morgan fingerprint density at radius 3 is 2.65 bits per heavy atom. The number of nitrogens with one attached hydrogen (secondary N) is 1. The van der Waals surface area contributed by atoms with Crippen LogP contribution in [0.4, 0.5) is 0 Å². The van der Waals surface area contributed by atoms with Gasteiger partial charge in [-0.15, -0.1) is 0 Å². The molecular weight excluding hydrogens is 242 g/mol. The highest BCUT2D eigenvalue weighted by Crippen LogP contribution is 2.21. The summed E-state index contributed by atoms with van der Waals surface area (Å²) in [6.07, 6.45) is 4.51. The highest BCUT2D eigenvalue weighted by Gasteiger charge is 2.01. The van der Waals surface area contributed by atoms with Crippen LogP contribution in [0, 0.1) is 0 Å². The van der Waals surface area contributed by atoms with Gasteiger partial charge in [-0.3, -0.25) is 0 Å². The maximum atomic E-state index is 3.45. The lowest BCUT2D eigenvalue weighted by molar-refractivity contribution is 0.594. The smallest absolute Gasteiger partial charge is 0.00105 e. The summed E-state index contributed by atoms with van der Waals surface area (Å²) in [7, 11) is 0. The van der Waals surface area contributed by atoms with E-state index in [9.17, 15) is 0 Å². The molecule has 2 rings (SSSR count). The molecule has 0 aliphatic carbocycles. The minimum Gasteiger partial charge on any atom is -0.314 e. The van der Waals surface area contributed by atoms with Crippen LogP contribution in [0.25, 0.3) is 10.8 Å². The molecule has 0 unspecified atom stereocenters. The number of rotatable bonds is 6. The molecule has 20 heavy (non-hydrogen) atoms. The van der Waals surface area contributed by atoms with E-state index in [4.69, 9.17) is 0 Å². The van der Waals surface area contributed by atoms with E-state index in [1.54, 1.807) is 0 Å². The molecule has 0 radical (unpaired) electrons. The van der Waals surface area contributed by atoms with E-state index in [2.05, 4.69) is 74.6 Å². The van der Waals surface area contributed by atoms with Crippen molar-refractivity contribution in [2.75, 3.05) is 6.54 Å². The summed E-state index contributed by atoms with van der Waals surface area (Å²) in [5.41, 5.74) is 2.88. The van der Waals surface area contributed by atoms with Crippen molar-refractivity contribution in [2.45, 2.75) is 39.7 Å². The molecule has 0 aliphatic heterocycles. The Labute approximate surface area is 122 Å². The Bertz CT molecular complexity index is 576. The summed E-state index contributed by atoms with van der Waals surface area (Å²) in [5.74, 6) is 0. The van der Waals surface area contributed by atoms with Gasteiger partial charge in [-0.1, -0.05) is 68.0 Å². The van der Waals surface area contributed by atoms with E-state index in [1.807, 2.05) is 0 Å². The van der Waals surface area contributed by atoms with Gasteiger partial charge in [0.05, 0.1) is 0 Å². The predicted octanol–water partition coefficient (Wildman–Crippen LogP) is 4.72. The fraction of sp³-hybridized carbons (Fsp3) is 0.368. The van der Waals surface area contributed by atoms with Gasteiger partial charge in [-0.05, 0) is 42.6 Å². The Balaban J connectivity index is 2.02. The van der Waals surface area contributed by atoms with Crippen molar-refractivity contribution >= 4 is 10.8 Å². The largest absolute Gasteiger partial charge is 0.314 e. The third-order valence-corrected chi connectivity index (χ3v) is 3.54. The van der Waals surface area contributed by atoms with Crippen LogP contribution in [-0.2, 0) is 6.42 Å². The summed E-state index contributed by atoms with van der Waals surface area (Å²) in [6.45, 7) is 7.67. The summed E-state index contributed by atoms with van der Waals surface area (Å²) >= 11 is 0. The molecule has 2 aromatic rings. The molecular formula is C19H25N. The highest BCUT2D eigenvalue weighted by atomic mass is 14.9. The second kappa shape index (κ2) is 7.25. The van der Waals surface area contributed by atoms with Crippen molar-refractivity contribution in [3.63, 3.8) is 0 Å². The average Bonchev–Trinajstić information content (AvgIpc) is 2.44. The Kier molecular flexibility index (Phi) is 5.37. The Morgan fingerprint density at radius 1 is 1.10 bits per heavy atom. The zero-order chi connectivity index (χ0) is 14.4. The van der Waals surface area contributed by atoms with Crippen LogP contribution in [0.1, 0.15) is 32.8 Å². The molecule has 0 spiro atoms. The van der Waals surface area contributed by atoms with Crippen molar-refractivity contribution in [2.24, 2.45) is 0 Å². The van der Waals surface area contributed by atoms with Crippen LogP contribution in [0.15, 0.2) is 54.1 Å². The lowest BCUT2D eigenvalue weighted by atomic mass is 9.99. The number of allylic oxidation sites excluding steroid dienone is 1. The first-order chi connectivity index (χ1) is 9.66. The molecule has 1 heteroatoms. The third kappa shape index (κ3) is 4.21. The zero-order valence-corrected chi connectivity index (χ0v) is 12.8. The van der Waals surface area contributed by atoms with Crippen LogP contribution in [-0.4, -0.2) is 12.6 Å². The normalized spacial score (nSPS) is 12.3. The maximum absolute atomic E-state index is 3.45. The van der Waals surface area contributed by atoms with Gasteiger partial charge in [0.25, 0.3) is 0 Å². The first kappa shape index (κ1) is 14.8. The van der Waals surface area contributed by atoms with Crippen molar-refractivity contribution in [3.05, 3.63) is 59.7 Å². The molecule has 0 amide bonds. The van der Waals surface area contributed by atoms with Gasteiger partial charge < -0.3 is 5.32 Å². The topological polar surface area (TPSA) is 12.0 Å². The lowest BCUT2D eigenvalue weighted by Crippen LogP contribution is -2.23. The second-order valence-corrected chi connectivity index (χ2v) is 5.76. The number of fused-ring (bicyclic) bond motifs is 1. The molecule has 1 N–H and O–H groups in total. The first-order valence-electron chi connectivity index (χ1n) is 7.52. The second-order valence-electron chi connectivity index (χ2n) is 5.76. The Morgan fingerprint density at radius 2 is 1.85 bits per heavy atom. The van der Waals surface area contributed by atoms with Crippen LogP contribution in [0.5, 0.6) is 0 Å². The van der Waals surface area contributed by atoms with Crippen LogP contribution < -0.4 is 5.32 Å². The number of benzene rings is 2. The molecule has 2 aromatic carbocycles. The van der Waals surface area contributed by atoms with Crippen LogP contribution >= 0.6 is 0 Å². The van der Waals surface area contributed by atoms with E-state index in [0.717, 1.165) is 19.4 Å². The molecule has 0 atom stereocenters. The van der Waals surface area contributed by atoms with Gasteiger partial charge in [-0.25, -0.2) is 0 Å². The van der Waals surface area contributed by atoms with Crippen molar-refractivity contribution in [1.82, 2.24) is 5.32 Å². The summed E-state index contributed by atoms with van der Waals surface area (Å²) in [6, 6.07) is 15.8. The molecule has 0 saturated carbocycles. The van der Waals surface area contributed by atoms with Gasteiger partial charge in [-0.2, -0.15) is 0 Å². The van der Waals surface area contributed by atoms with E-state index in [-0.39, 0.29) is 0 Å². The van der Waals surface area contributed by atoms with E-state index < -0.39 is 0 Å². The van der Waals surface area contributed by atoms with E-state index in [0.29, 0.717) is 6.04 Å². The van der Waals surface area contributed by atoms with Crippen molar-refractivity contribution < 1.29 is 0 Å². The average molecular weight is 267 g/mol. The molecule has 0 heterocycles. The van der Waals surface area contributed by atoms with Crippen LogP contribution in [0.3, 0.4) is 0 Å². The van der Waals surface area contributed by atoms with Gasteiger partial charge >= 0.3 is 0 Å². The standard InChI is InChI=1S/C19H25N/c1-15(2)20-13-7-8-16(3)14-18-11-6-10-17-9-4-5-12-19(17)18/h4-6,8-12,15,20H,7,13-14H2,1-3H3. The van der Waals surface area contributed by atoms with Gasteiger partial charge in [0.1, 0.15) is 0 Å². The summed E-state index contributed by atoms with van der Waals surface area (Å²) in [5, 5.41) is 6.16. The Hall–Kier alpha value is -1.60. The molecule has 0 aliphatic rings. The zero-order valence-electron chi connectivity index (χ0n) is 12.8. The molecule has 0 bridgehead atoms.